The quantitative estimate of drug-likeness (QED) is 0.374. The third-order valence-electron chi connectivity index (χ3n) is 4.48. The Balaban J connectivity index is 1.78. The number of benzene rings is 3. The van der Waals surface area contributed by atoms with Crippen LogP contribution < -0.4 is 5.43 Å². The minimum absolute atomic E-state index is 0.0683. The molecular formula is C23H22BrN3O3S. The third-order valence-corrected chi connectivity index (χ3v) is 7.01. The zero-order chi connectivity index (χ0) is 22.3. The van der Waals surface area contributed by atoms with Crippen molar-refractivity contribution in [1.29, 1.82) is 0 Å². The molecule has 0 unspecified atom stereocenters. The molecule has 3 aromatic rings. The van der Waals surface area contributed by atoms with Crippen LogP contribution >= 0.6 is 15.9 Å². The molecule has 0 saturated heterocycles. The van der Waals surface area contributed by atoms with E-state index in [4.69, 9.17) is 0 Å². The number of amides is 1. The first-order chi connectivity index (χ1) is 14.9. The molecule has 160 valence electrons. The number of aryl methyl sites for hydroxylation is 1. The van der Waals surface area contributed by atoms with Gasteiger partial charge in [0.1, 0.15) is 0 Å². The summed E-state index contributed by atoms with van der Waals surface area (Å²) in [7, 11) is -3.88. The van der Waals surface area contributed by atoms with E-state index in [9.17, 15) is 13.2 Å². The molecule has 0 bridgehead atoms. The van der Waals surface area contributed by atoms with E-state index in [1.54, 1.807) is 18.2 Å². The summed E-state index contributed by atoms with van der Waals surface area (Å²) in [6, 6.07) is 23.0. The fraction of sp³-hybridized carbons (Fsp3) is 0.130. The molecular weight excluding hydrogens is 478 g/mol. The van der Waals surface area contributed by atoms with Gasteiger partial charge in [0.2, 0.25) is 10.0 Å². The highest BCUT2D eigenvalue weighted by atomic mass is 79.9. The van der Waals surface area contributed by atoms with E-state index in [1.807, 2.05) is 55.5 Å². The highest BCUT2D eigenvalue weighted by molar-refractivity contribution is 9.10. The first-order valence-electron chi connectivity index (χ1n) is 9.53. The number of sulfonamides is 1. The van der Waals surface area contributed by atoms with Crippen LogP contribution in [0.5, 0.6) is 0 Å². The molecule has 0 aliphatic heterocycles. The molecule has 3 aromatic carbocycles. The van der Waals surface area contributed by atoms with Crippen LogP contribution in [0.3, 0.4) is 0 Å². The Bertz CT molecular complexity index is 1160. The molecule has 1 N–H and O–H groups in total. The molecule has 0 fully saturated rings. The van der Waals surface area contributed by atoms with Gasteiger partial charge in [-0.05, 0) is 30.7 Å². The van der Waals surface area contributed by atoms with Crippen LogP contribution in [0.2, 0.25) is 0 Å². The molecule has 1 amide bonds. The molecule has 3 rings (SSSR count). The second-order valence-corrected chi connectivity index (χ2v) is 9.68. The summed E-state index contributed by atoms with van der Waals surface area (Å²) in [6.45, 7) is 1.66. The number of hydrogen-bond donors (Lipinski definition) is 1. The highest BCUT2D eigenvalue weighted by Gasteiger charge is 2.26. The van der Waals surface area contributed by atoms with E-state index < -0.39 is 15.9 Å². The van der Waals surface area contributed by atoms with Crippen molar-refractivity contribution in [3.05, 3.63) is 100 Å². The van der Waals surface area contributed by atoms with Crippen LogP contribution in [0.25, 0.3) is 0 Å². The average molecular weight is 500 g/mol. The molecule has 8 heteroatoms. The number of hydrogen-bond acceptors (Lipinski definition) is 4. The standard InChI is InChI=1S/C23H22BrN3O3S/c1-18-11-13-19(14-12-18)16-27(31(29,30)21-8-3-2-4-9-21)17-23(28)26-25-15-20-7-5-6-10-22(20)24/h2-15H,16-17H2,1H3,(H,26,28)/b25-15-. The van der Waals surface area contributed by atoms with Gasteiger partial charge in [0.25, 0.3) is 5.91 Å². The first-order valence-corrected chi connectivity index (χ1v) is 11.8. The van der Waals surface area contributed by atoms with Crippen molar-refractivity contribution in [3.8, 4) is 0 Å². The molecule has 0 aromatic heterocycles. The maximum absolute atomic E-state index is 13.2. The van der Waals surface area contributed by atoms with Gasteiger partial charge in [-0.3, -0.25) is 4.79 Å². The van der Waals surface area contributed by atoms with Crippen molar-refractivity contribution in [2.75, 3.05) is 6.54 Å². The lowest BCUT2D eigenvalue weighted by Gasteiger charge is -2.21. The summed E-state index contributed by atoms with van der Waals surface area (Å²) < 4.78 is 28.3. The summed E-state index contributed by atoms with van der Waals surface area (Å²) >= 11 is 3.41. The van der Waals surface area contributed by atoms with Crippen molar-refractivity contribution < 1.29 is 13.2 Å². The number of carbonyl (C=O) groups excluding carboxylic acids is 1. The van der Waals surface area contributed by atoms with Crippen LogP contribution in [0.15, 0.2) is 93.3 Å². The average Bonchev–Trinajstić information content (AvgIpc) is 2.77. The van der Waals surface area contributed by atoms with Gasteiger partial charge in [0.05, 0.1) is 17.7 Å². The summed E-state index contributed by atoms with van der Waals surface area (Å²) in [6.07, 6.45) is 1.50. The maximum atomic E-state index is 13.2. The summed E-state index contributed by atoms with van der Waals surface area (Å²) in [5, 5.41) is 3.95. The Hall–Kier alpha value is -2.81. The minimum Gasteiger partial charge on any atom is -0.272 e. The third kappa shape index (κ3) is 6.33. The Morgan fingerprint density at radius 1 is 1.00 bits per heavy atom. The minimum atomic E-state index is -3.88. The molecule has 31 heavy (non-hydrogen) atoms. The van der Waals surface area contributed by atoms with Crippen molar-refractivity contribution in [3.63, 3.8) is 0 Å². The van der Waals surface area contributed by atoms with E-state index in [0.717, 1.165) is 25.5 Å². The van der Waals surface area contributed by atoms with Gasteiger partial charge in [-0.25, -0.2) is 13.8 Å². The van der Waals surface area contributed by atoms with E-state index in [1.165, 1.54) is 18.3 Å². The van der Waals surface area contributed by atoms with E-state index in [-0.39, 0.29) is 18.0 Å². The number of rotatable bonds is 8. The van der Waals surface area contributed by atoms with Gasteiger partial charge in [-0.2, -0.15) is 9.41 Å². The Kier molecular flexibility index (Phi) is 7.73. The first kappa shape index (κ1) is 22.9. The number of halogens is 1. The van der Waals surface area contributed by atoms with Crippen molar-refractivity contribution in [2.45, 2.75) is 18.4 Å². The van der Waals surface area contributed by atoms with Gasteiger partial charge in [-0.15, -0.1) is 0 Å². The molecule has 0 aliphatic carbocycles. The molecule has 0 aliphatic rings. The topological polar surface area (TPSA) is 78.8 Å². The van der Waals surface area contributed by atoms with Gasteiger partial charge < -0.3 is 0 Å². The van der Waals surface area contributed by atoms with E-state index >= 15 is 0 Å². The van der Waals surface area contributed by atoms with Crippen LogP contribution in [0, 0.1) is 6.92 Å². The predicted molar refractivity (Wildman–Crippen MR) is 125 cm³/mol. The van der Waals surface area contributed by atoms with Gasteiger partial charge >= 0.3 is 0 Å². The largest absolute Gasteiger partial charge is 0.272 e. The lowest BCUT2D eigenvalue weighted by atomic mass is 10.1. The number of hydrazone groups is 1. The summed E-state index contributed by atoms with van der Waals surface area (Å²) in [5.74, 6) is -0.532. The molecule has 0 radical (unpaired) electrons. The number of carbonyl (C=O) groups is 1. The molecule has 0 saturated carbocycles. The second kappa shape index (κ2) is 10.5. The van der Waals surface area contributed by atoms with Gasteiger partial charge in [0.15, 0.2) is 0 Å². The van der Waals surface area contributed by atoms with E-state index in [0.29, 0.717) is 0 Å². The Morgan fingerprint density at radius 3 is 2.32 bits per heavy atom. The van der Waals surface area contributed by atoms with Crippen molar-refractivity contribution >= 4 is 38.1 Å². The summed E-state index contributed by atoms with van der Waals surface area (Å²) in [5.41, 5.74) is 5.06. The summed E-state index contributed by atoms with van der Waals surface area (Å²) in [4.78, 5) is 12.6. The zero-order valence-corrected chi connectivity index (χ0v) is 19.3. The molecule has 0 heterocycles. The second-order valence-electron chi connectivity index (χ2n) is 6.89. The smallest absolute Gasteiger partial charge is 0.255 e. The zero-order valence-electron chi connectivity index (χ0n) is 16.9. The Morgan fingerprint density at radius 2 is 1.65 bits per heavy atom. The van der Waals surface area contributed by atoms with Crippen LogP contribution in [-0.2, 0) is 21.4 Å². The van der Waals surface area contributed by atoms with Crippen molar-refractivity contribution in [1.82, 2.24) is 9.73 Å². The molecule has 0 atom stereocenters. The monoisotopic (exact) mass is 499 g/mol. The van der Waals surface area contributed by atoms with Crippen LogP contribution in [0.1, 0.15) is 16.7 Å². The van der Waals surface area contributed by atoms with E-state index in [2.05, 4.69) is 26.5 Å². The van der Waals surface area contributed by atoms with Gasteiger partial charge in [0, 0.05) is 16.6 Å². The highest BCUT2D eigenvalue weighted by Crippen LogP contribution is 2.18. The lowest BCUT2D eigenvalue weighted by molar-refractivity contribution is -0.121. The SMILES string of the molecule is Cc1ccc(CN(CC(=O)N/N=C\c2ccccc2Br)S(=O)(=O)c2ccccc2)cc1. The fourth-order valence-electron chi connectivity index (χ4n) is 2.81. The number of nitrogens with one attached hydrogen (secondary N) is 1. The maximum Gasteiger partial charge on any atom is 0.255 e. The normalized spacial score (nSPS) is 11.7. The van der Waals surface area contributed by atoms with Gasteiger partial charge in [-0.1, -0.05) is 82.2 Å². The molecule has 6 nitrogen and oxygen atoms in total. The fourth-order valence-corrected chi connectivity index (χ4v) is 4.61. The lowest BCUT2D eigenvalue weighted by Crippen LogP contribution is -2.39. The number of nitrogens with zero attached hydrogens (tertiary/aromatic N) is 2. The van der Waals surface area contributed by atoms with Crippen LogP contribution in [0.4, 0.5) is 0 Å². The predicted octanol–water partition coefficient (Wildman–Crippen LogP) is 4.10. The Labute approximate surface area is 190 Å². The van der Waals surface area contributed by atoms with Crippen LogP contribution in [-0.4, -0.2) is 31.4 Å². The molecule has 0 spiro atoms. The van der Waals surface area contributed by atoms with Crippen molar-refractivity contribution in [2.24, 2.45) is 5.10 Å².